The van der Waals surface area contributed by atoms with E-state index in [-0.39, 0.29) is 6.61 Å². The number of benzene rings is 1. The van der Waals surface area contributed by atoms with Gasteiger partial charge < -0.3 is 10.1 Å². The van der Waals surface area contributed by atoms with Crippen molar-refractivity contribution in [3.8, 4) is 5.75 Å². The first-order valence-electron chi connectivity index (χ1n) is 5.26. The summed E-state index contributed by atoms with van der Waals surface area (Å²) in [6.45, 7) is 0.264. The molecule has 0 atom stereocenters. The maximum atomic E-state index is 5.99. The minimum Gasteiger partial charge on any atom is -0.484 e. The zero-order valence-electron chi connectivity index (χ0n) is 9.65. The first kappa shape index (κ1) is 12.9. The van der Waals surface area contributed by atoms with Crippen LogP contribution in [0.4, 0.5) is 5.82 Å². The Morgan fingerprint density at radius 3 is 2.44 bits per heavy atom. The second-order valence-electron chi connectivity index (χ2n) is 3.48. The Bertz CT molecular complexity index is 511. The van der Waals surface area contributed by atoms with Crippen LogP contribution in [0.2, 0.25) is 10.0 Å². The lowest BCUT2D eigenvalue weighted by Gasteiger charge is -2.09. The van der Waals surface area contributed by atoms with Crippen molar-refractivity contribution in [3.63, 3.8) is 0 Å². The van der Waals surface area contributed by atoms with Gasteiger partial charge in [0.15, 0.2) is 5.75 Å². The average Bonchev–Trinajstić information content (AvgIpc) is 2.39. The van der Waals surface area contributed by atoms with Crippen molar-refractivity contribution >= 4 is 29.0 Å². The van der Waals surface area contributed by atoms with E-state index in [2.05, 4.69) is 15.3 Å². The van der Waals surface area contributed by atoms with Crippen molar-refractivity contribution in [2.75, 3.05) is 12.4 Å². The number of ether oxygens (including phenoxy) is 1. The fourth-order valence-electron chi connectivity index (χ4n) is 1.32. The van der Waals surface area contributed by atoms with Crippen LogP contribution in [0.5, 0.6) is 5.75 Å². The molecule has 0 fully saturated rings. The molecule has 0 saturated carbocycles. The van der Waals surface area contributed by atoms with Crippen LogP contribution < -0.4 is 10.1 Å². The molecule has 1 N–H and O–H groups in total. The molecule has 6 heteroatoms. The third-order valence-electron chi connectivity index (χ3n) is 2.24. The zero-order valence-corrected chi connectivity index (χ0v) is 11.2. The van der Waals surface area contributed by atoms with E-state index in [4.69, 9.17) is 27.9 Å². The van der Waals surface area contributed by atoms with Crippen molar-refractivity contribution in [1.29, 1.82) is 0 Å². The van der Waals surface area contributed by atoms with Crippen molar-refractivity contribution in [2.45, 2.75) is 6.61 Å². The molecule has 0 saturated heterocycles. The van der Waals surface area contributed by atoms with Gasteiger partial charge in [-0.1, -0.05) is 29.3 Å². The minimum atomic E-state index is 0.264. The van der Waals surface area contributed by atoms with E-state index >= 15 is 0 Å². The van der Waals surface area contributed by atoms with Gasteiger partial charge in [-0.2, -0.15) is 0 Å². The van der Waals surface area contributed by atoms with E-state index in [0.717, 1.165) is 0 Å². The lowest BCUT2D eigenvalue weighted by atomic mass is 10.3. The molecule has 18 heavy (non-hydrogen) atoms. The van der Waals surface area contributed by atoms with Crippen LogP contribution in [-0.4, -0.2) is 17.0 Å². The van der Waals surface area contributed by atoms with Gasteiger partial charge in [0.05, 0.1) is 28.1 Å². The van der Waals surface area contributed by atoms with Gasteiger partial charge in [-0.05, 0) is 12.1 Å². The van der Waals surface area contributed by atoms with Crippen LogP contribution in [0.15, 0.2) is 30.6 Å². The highest BCUT2D eigenvalue weighted by Crippen LogP contribution is 2.32. The van der Waals surface area contributed by atoms with Gasteiger partial charge in [0.2, 0.25) is 0 Å². The Hall–Kier alpha value is -1.52. The number of nitrogens with one attached hydrogen (secondary N) is 1. The molecule has 2 rings (SSSR count). The molecule has 0 unspecified atom stereocenters. The van der Waals surface area contributed by atoms with Crippen LogP contribution in [0.3, 0.4) is 0 Å². The standard InChI is InChI=1S/C12H11Cl2N3O/c1-15-11-6-16-8(5-17-11)7-18-12-9(13)3-2-4-10(12)14/h2-6H,7H2,1H3,(H,15,17). The third kappa shape index (κ3) is 3.03. The molecule has 0 bridgehead atoms. The van der Waals surface area contributed by atoms with E-state index in [0.29, 0.717) is 27.3 Å². The molecule has 4 nitrogen and oxygen atoms in total. The molecule has 94 valence electrons. The molecule has 0 amide bonds. The second-order valence-corrected chi connectivity index (χ2v) is 4.30. The number of halogens is 2. The Kier molecular flexibility index (Phi) is 4.23. The summed E-state index contributed by atoms with van der Waals surface area (Å²) >= 11 is 12.0. The summed E-state index contributed by atoms with van der Waals surface area (Å²) in [6, 6.07) is 5.20. The maximum Gasteiger partial charge on any atom is 0.157 e. The summed E-state index contributed by atoms with van der Waals surface area (Å²) in [5.74, 6) is 1.16. The third-order valence-corrected chi connectivity index (χ3v) is 2.84. The molecule has 0 radical (unpaired) electrons. The van der Waals surface area contributed by atoms with E-state index in [1.54, 1.807) is 37.6 Å². The molecule has 1 aromatic heterocycles. The average molecular weight is 284 g/mol. The number of para-hydroxylation sites is 1. The van der Waals surface area contributed by atoms with Crippen molar-refractivity contribution in [1.82, 2.24) is 9.97 Å². The van der Waals surface area contributed by atoms with Crippen molar-refractivity contribution in [2.24, 2.45) is 0 Å². The monoisotopic (exact) mass is 283 g/mol. The predicted molar refractivity (Wildman–Crippen MR) is 72.4 cm³/mol. The highest BCUT2D eigenvalue weighted by Gasteiger charge is 2.07. The topological polar surface area (TPSA) is 47.0 Å². The summed E-state index contributed by atoms with van der Waals surface area (Å²) in [5, 5.41) is 3.84. The summed E-state index contributed by atoms with van der Waals surface area (Å²) < 4.78 is 5.54. The van der Waals surface area contributed by atoms with Gasteiger partial charge in [0, 0.05) is 7.05 Å². The van der Waals surface area contributed by atoms with Crippen LogP contribution in [0, 0.1) is 0 Å². The molecular formula is C12H11Cl2N3O. The lowest BCUT2D eigenvalue weighted by Crippen LogP contribution is -2.01. The van der Waals surface area contributed by atoms with Gasteiger partial charge >= 0.3 is 0 Å². The highest BCUT2D eigenvalue weighted by molar-refractivity contribution is 6.37. The van der Waals surface area contributed by atoms with Gasteiger partial charge in [0.1, 0.15) is 12.4 Å². The number of anilines is 1. The molecule has 0 aliphatic rings. The van der Waals surface area contributed by atoms with Gasteiger partial charge in [0.25, 0.3) is 0 Å². The lowest BCUT2D eigenvalue weighted by molar-refractivity contribution is 0.301. The molecule has 1 heterocycles. The van der Waals surface area contributed by atoms with E-state index < -0.39 is 0 Å². The molecule has 1 aromatic carbocycles. The first-order valence-corrected chi connectivity index (χ1v) is 6.02. The second kappa shape index (κ2) is 5.89. The van der Waals surface area contributed by atoms with Crippen LogP contribution in [-0.2, 0) is 6.61 Å². The van der Waals surface area contributed by atoms with Crippen molar-refractivity contribution < 1.29 is 4.74 Å². The summed E-state index contributed by atoms with van der Waals surface area (Å²) in [4.78, 5) is 8.32. The molecular weight excluding hydrogens is 273 g/mol. The smallest absolute Gasteiger partial charge is 0.157 e. The number of hydrogen-bond acceptors (Lipinski definition) is 4. The Labute approximate surface area is 115 Å². The summed E-state index contributed by atoms with van der Waals surface area (Å²) in [7, 11) is 1.78. The Balaban J connectivity index is 2.06. The molecule has 2 aromatic rings. The number of rotatable bonds is 4. The molecule has 0 spiro atoms. The van der Waals surface area contributed by atoms with Gasteiger partial charge in [-0.25, -0.2) is 4.98 Å². The fourth-order valence-corrected chi connectivity index (χ4v) is 1.83. The van der Waals surface area contributed by atoms with Gasteiger partial charge in [-0.3, -0.25) is 4.98 Å². The highest BCUT2D eigenvalue weighted by atomic mass is 35.5. The largest absolute Gasteiger partial charge is 0.484 e. The fraction of sp³-hybridized carbons (Fsp3) is 0.167. The first-order chi connectivity index (χ1) is 8.70. The van der Waals surface area contributed by atoms with E-state index in [1.165, 1.54) is 0 Å². The Morgan fingerprint density at radius 2 is 1.89 bits per heavy atom. The number of nitrogens with zero attached hydrogens (tertiary/aromatic N) is 2. The SMILES string of the molecule is CNc1cnc(COc2c(Cl)cccc2Cl)cn1. The normalized spacial score (nSPS) is 10.2. The van der Waals surface area contributed by atoms with E-state index in [1.807, 2.05) is 0 Å². The minimum absolute atomic E-state index is 0.264. The van der Waals surface area contributed by atoms with Crippen molar-refractivity contribution in [3.05, 3.63) is 46.3 Å². The van der Waals surface area contributed by atoms with Crippen LogP contribution >= 0.6 is 23.2 Å². The maximum absolute atomic E-state index is 5.99. The quantitative estimate of drug-likeness (QED) is 0.934. The molecule has 0 aliphatic carbocycles. The van der Waals surface area contributed by atoms with E-state index in [9.17, 15) is 0 Å². The predicted octanol–water partition coefficient (Wildman–Crippen LogP) is 3.40. The van der Waals surface area contributed by atoms with Crippen LogP contribution in [0.25, 0.3) is 0 Å². The van der Waals surface area contributed by atoms with Crippen LogP contribution in [0.1, 0.15) is 5.69 Å². The summed E-state index contributed by atoms with van der Waals surface area (Å²) in [5.41, 5.74) is 0.699. The Morgan fingerprint density at radius 1 is 1.17 bits per heavy atom. The molecule has 0 aliphatic heterocycles. The van der Waals surface area contributed by atoms with Gasteiger partial charge in [-0.15, -0.1) is 0 Å². The number of aromatic nitrogens is 2. The zero-order chi connectivity index (χ0) is 13.0. The summed E-state index contributed by atoms with van der Waals surface area (Å²) in [6.07, 6.45) is 3.27. The number of hydrogen-bond donors (Lipinski definition) is 1.